The minimum atomic E-state index is 0.284. The molecular weight excluding hydrogens is 266 g/mol. The highest BCUT2D eigenvalue weighted by molar-refractivity contribution is 5.40. The number of H-pyrrole nitrogens is 1. The summed E-state index contributed by atoms with van der Waals surface area (Å²) in [5.74, 6) is 2.33. The number of nitrogen functional groups attached to an aromatic ring is 1. The van der Waals surface area contributed by atoms with Crippen molar-refractivity contribution in [3.63, 3.8) is 0 Å². The van der Waals surface area contributed by atoms with Crippen molar-refractivity contribution in [3.8, 4) is 11.5 Å². The smallest absolute Gasteiger partial charge is 0.243 e. The first kappa shape index (κ1) is 13.0. The van der Waals surface area contributed by atoms with E-state index in [-0.39, 0.29) is 5.95 Å². The molecule has 0 radical (unpaired) electrons. The Morgan fingerprint density at radius 3 is 2.57 bits per heavy atom. The zero-order valence-electron chi connectivity index (χ0n) is 11.3. The number of aromatic amines is 1. The van der Waals surface area contributed by atoms with E-state index in [1.54, 1.807) is 0 Å². The molecule has 21 heavy (non-hydrogen) atoms. The number of nitrogens with zero attached hydrogens (tertiary/aromatic N) is 2. The minimum Gasteiger partial charge on any atom is -0.457 e. The van der Waals surface area contributed by atoms with Crippen LogP contribution >= 0.6 is 0 Å². The summed E-state index contributed by atoms with van der Waals surface area (Å²) in [6.45, 7) is 0.542. The number of hydrogen-bond donors (Lipinski definition) is 3. The standard InChI is InChI=1S/C15H15N5O/c16-14-18-15(20-19-14)17-10-11-6-4-5-9-13(11)21-12-7-2-1-3-8-12/h1-9H,10H2,(H4,16,17,18,19,20). The van der Waals surface area contributed by atoms with E-state index in [1.165, 1.54) is 0 Å². The van der Waals surface area contributed by atoms with Gasteiger partial charge in [-0.05, 0) is 18.2 Å². The van der Waals surface area contributed by atoms with Gasteiger partial charge < -0.3 is 15.8 Å². The summed E-state index contributed by atoms with van der Waals surface area (Å²) in [6.07, 6.45) is 0. The van der Waals surface area contributed by atoms with Crippen LogP contribution < -0.4 is 15.8 Å². The normalized spacial score (nSPS) is 10.3. The number of nitrogens with two attached hydrogens (primary N) is 1. The lowest BCUT2D eigenvalue weighted by Crippen LogP contribution is -2.02. The maximum Gasteiger partial charge on any atom is 0.243 e. The molecule has 2 aromatic carbocycles. The molecule has 0 amide bonds. The number of para-hydroxylation sites is 2. The third kappa shape index (κ3) is 3.30. The number of anilines is 2. The summed E-state index contributed by atoms with van der Waals surface area (Å²) in [4.78, 5) is 4.00. The Morgan fingerprint density at radius 1 is 1.05 bits per heavy atom. The van der Waals surface area contributed by atoms with Gasteiger partial charge >= 0.3 is 0 Å². The molecule has 3 aromatic rings. The van der Waals surface area contributed by atoms with E-state index in [0.717, 1.165) is 17.1 Å². The van der Waals surface area contributed by atoms with E-state index < -0.39 is 0 Å². The van der Waals surface area contributed by atoms with Crippen molar-refractivity contribution in [2.24, 2.45) is 0 Å². The molecule has 4 N–H and O–H groups in total. The summed E-state index contributed by atoms with van der Waals surface area (Å²) < 4.78 is 5.89. The van der Waals surface area contributed by atoms with Gasteiger partial charge in [0.1, 0.15) is 11.5 Å². The molecule has 6 nitrogen and oxygen atoms in total. The molecule has 0 unspecified atom stereocenters. The maximum absolute atomic E-state index is 5.89. The van der Waals surface area contributed by atoms with Crippen LogP contribution in [0.2, 0.25) is 0 Å². The van der Waals surface area contributed by atoms with Crippen LogP contribution in [0.4, 0.5) is 11.9 Å². The van der Waals surface area contributed by atoms with Crippen LogP contribution in [0.1, 0.15) is 5.56 Å². The van der Waals surface area contributed by atoms with Crippen LogP contribution in [0.25, 0.3) is 0 Å². The van der Waals surface area contributed by atoms with E-state index in [4.69, 9.17) is 10.5 Å². The lowest BCUT2D eigenvalue weighted by Gasteiger charge is -2.11. The molecule has 0 fully saturated rings. The Labute approximate surface area is 122 Å². The number of aromatic nitrogens is 3. The molecule has 0 spiro atoms. The maximum atomic E-state index is 5.89. The van der Waals surface area contributed by atoms with Crippen molar-refractivity contribution in [1.29, 1.82) is 0 Å². The van der Waals surface area contributed by atoms with Crippen molar-refractivity contribution in [1.82, 2.24) is 15.2 Å². The summed E-state index contributed by atoms with van der Waals surface area (Å²) in [5, 5.41) is 9.61. The summed E-state index contributed by atoms with van der Waals surface area (Å²) in [6, 6.07) is 17.5. The Hall–Kier alpha value is -3.02. The van der Waals surface area contributed by atoms with Crippen molar-refractivity contribution >= 4 is 11.9 Å². The molecule has 1 aromatic heterocycles. The minimum absolute atomic E-state index is 0.284. The highest BCUT2D eigenvalue weighted by Crippen LogP contribution is 2.25. The molecule has 0 aliphatic heterocycles. The van der Waals surface area contributed by atoms with E-state index >= 15 is 0 Å². The average Bonchev–Trinajstić information content (AvgIpc) is 2.93. The van der Waals surface area contributed by atoms with Crippen LogP contribution in [0.15, 0.2) is 54.6 Å². The summed E-state index contributed by atoms with van der Waals surface area (Å²) in [5.41, 5.74) is 6.49. The van der Waals surface area contributed by atoms with E-state index in [2.05, 4.69) is 20.5 Å². The van der Waals surface area contributed by atoms with E-state index in [0.29, 0.717) is 12.5 Å². The van der Waals surface area contributed by atoms with Crippen LogP contribution in [-0.4, -0.2) is 15.2 Å². The monoisotopic (exact) mass is 281 g/mol. The second kappa shape index (κ2) is 5.96. The number of benzene rings is 2. The van der Waals surface area contributed by atoms with Gasteiger partial charge in [0.25, 0.3) is 0 Å². The van der Waals surface area contributed by atoms with Crippen LogP contribution in [0.3, 0.4) is 0 Å². The molecule has 106 valence electrons. The fraction of sp³-hybridized carbons (Fsp3) is 0.0667. The lowest BCUT2D eigenvalue weighted by atomic mass is 10.2. The fourth-order valence-corrected chi connectivity index (χ4v) is 1.89. The summed E-state index contributed by atoms with van der Waals surface area (Å²) >= 11 is 0. The number of nitrogens with one attached hydrogen (secondary N) is 2. The lowest BCUT2D eigenvalue weighted by molar-refractivity contribution is 0.477. The van der Waals surface area contributed by atoms with Gasteiger partial charge in [-0.1, -0.05) is 36.4 Å². The molecular formula is C15H15N5O. The van der Waals surface area contributed by atoms with Gasteiger partial charge in [0.15, 0.2) is 0 Å². The van der Waals surface area contributed by atoms with Crippen molar-refractivity contribution in [2.75, 3.05) is 11.1 Å². The first-order chi connectivity index (χ1) is 10.3. The second-order valence-corrected chi connectivity index (χ2v) is 4.42. The van der Waals surface area contributed by atoms with Gasteiger partial charge in [0.2, 0.25) is 11.9 Å². The molecule has 0 aliphatic rings. The molecule has 6 heteroatoms. The largest absolute Gasteiger partial charge is 0.457 e. The molecule has 0 saturated carbocycles. The predicted octanol–water partition coefficient (Wildman–Crippen LogP) is 2.79. The van der Waals surface area contributed by atoms with Crippen LogP contribution in [-0.2, 0) is 6.54 Å². The first-order valence-electron chi connectivity index (χ1n) is 6.54. The van der Waals surface area contributed by atoms with Gasteiger partial charge in [-0.2, -0.15) is 4.98 Å². The first-order valence-corrected chi connectivity index (χ1v) is 6.54. The van der Waals surface area contributed by atoms with E-state index in [1.807, 2.05) is 54.6 Å². The van der Waals surface area contributed by atoms with Crippen LogP contribution in [0, 0.1) is 0 Å². The average molecular weight is 281 g/mol. The molecule has 0 saturated heterocycles. The fourth-order valence-electron chi connectivity index (χ4n) is 1.89. The Kier molecular flexibility index (Phi) is 3.68. The third-order valence-corrected chi connectivity index (χ3v) is 2.88. The highest BCUT2D eigenvalue weighted by atomic mass is 16.5. The summed E-state index contributed by atoms with van der Waals surface area (Å²) in [7, 11) is 0. The predicted molar refractivity (Wildman–Crippen MR) is 81.1 cm³/mol. The number of hydrogen-bond acceptors (Lipinski definition) is 5. The third-order valence-electron chi connectivity index (χ3n) is 2.88. The highest BCUT2D eigenvalue weighted by Gasteiger charge is 2.06. The van der Waals surface area contributed by atoms with Gasteiger partial charge in [-0.3, -0.25) is 0 Å². The number of ether oxygens (including phenoxy) is 1. The SMILES string of the molecule is Nc1nc(NCc2ccccc2Oc2ccccc2)n[nH]1. The quantitative estimate of drug-likeness (QED) is 0.669. The molecule has 1 heterocycles. The van der Waals surface area contributed by atoms with Gasteiger partial charge in [0.05, 0.1) is 0 Å². The zero-order valence-corrected chi connectivity index (χ0v) is 11.3. The Morgan fingerprint density at radius 2 is 1.81 bits per heavy atom. The second-order valence-electron chi connectivity index (χ2n) is 4.42. The van der Waals surface area contributed by atoms with Gasteiger partial charge in [0, 0.05) is 12.1 Å². The number of rotatable bonds is 5. The van der Waals surface area contributed by atoms with Crippen molar-refractivity contribution < 1.29 is 4.74 Å². The molecule has 3 rings (SSSR count). The van der Waals surface area contributed by atoms with Crippen LogP contribution in [0.5, 0.6) is 11.5 Å². The Balaban J connectivity index is 1.73. The molecule has 0 aliphatic carbocycles. The van der Waals surface area contributed by atoms with Crippen molar-refractivity contribution in [3.05, 3.63) is 60.2 Å². The van der Waals surface area contributed by atoms with E-state index in [9.17, 15) is 0 Å². The molecule has 0 atom stereocenters. The molecule has 0 bridgehead atoms. The Bertz CT molecular complexity index is 711. The van der Waals surface area contributed by atoms with Crippen molar-refractivity contribution in [2.45, 2.75) is 6.54 Å². The topological polar surface area (TPSA) is 88.8 Å². The van der Waals surface area contributed by atoms with Gasteiger partial charge in [-0.15, -0.1) is 5.10 Å². The van der Waals surface area contributed by atoms with Gasteiger partial charge in [-0.25, -0.2) is 5.10 Å². The zero-order chi connectivity index (χ0) is 14.5.